The van der Waals surface area contributed by atoms with Gasteiger partial charge in [-0.05, 0) is 44.2 Å². The second kappa shape index (κ2) is 9.25. The zero-order chi connectivity index (χ0) is 17.4. The van der Waals surface area contributed by atoms with Gasteiger partial charge in [0, 0.05) is 32.3 Å². The van der Waals surface area contributed by atoms with Gasteiger partial charge in [-0.25, -0.2) is 4.98 Å². The summed E-state index contributed by atoms with van der Waals surface area (Å²) in [6, 6.07) is 3.51. The maximum absolute atomic E-state index is 12.8. The van der Waals surface area contributed by atoms with Crippen LogP contribution in [0.15, 0.2) is 18.3 Å². The van der Waals surface area contributed by atoms with Crippen LogP contribution in [-0.2, 0) is 4.79 Å². The molecule has 1 unspecified atom stereocenters. The first-order valence-corrected chi connectivity index (χ1v) is 8.79. The Morgan fingerprint density at radius 3 is 3.00 bits per heavy atom. The molecule has 0 aliphatic carbocycles. The molecule has 6 heteroatoms. The molecule has 1 saturated heterocycles. The highest BCUT2D eigenvalue weighted by molar-refractivity contribution is 5.96. The van der Waals surface area contributed by atoms with Crippen molar-refractivity contribution in [2.24, 2.45) is 5.92 Å². The van der Waals surface area contributed by atoms with Gasteiger partial charge >= 0.3 is 0 Å². The van der Waals surface area contributed by atoms with Crippen LogP contribution in [0.5, 0.6) is 5.88 Å². The van der Waals surface area contributed by atoms with E-state index in [2.05, 4.69) is 10.3 Å². The van der Waals surface area contributed by atoms with E-state index < -0.39 is 0 Å². The number of carbonyl (C=O) groups excluding carboxylic acids is 2. The summed E-state index contributed by atoms with van der Waals surface area (Å²) in [4.78, 5) is 30.4. The highest BCUT2D eigenvalue weighted by atomic mass is 16.5. The third kappa shape index (κ3) is 4.94. The van der Waals surface area contributed by atoms with Crippen molar-refractivity contribution in [1.29, 1.82) is 0 Å². The summed E-state index contributed by atoms with van der Waals surface area (Å²) < 4.78 is 5.47. The van der Waals surface area contributed by atoms with E-state index in [1.165, 1.54) is 0 Å². The third-order valence-electron chi connectivity index (χ3n) is 4.15. The maximum Gasteiger partial charge on any atom is 0.259 e. The van der Waals surface area contributed by atoms with Crippen molar-refractivity contribution in [2.75, 3.05) is 26.2 Å². The van der Waals surface area contributed by atoms with Gasteiger partial charge in [0.1, 0.15) is 5.56 Å². The van der Waals surface area contributed by atoms with Crippen molar-refractivity contribution in [3.63, 3.8) is 0 Å². The summed E-state index contributed by atoms with van der Waals surface area (Å²) in [5, 5.41) is 2.97. The van der Waals surface area contributed by atoms with Gasteiger partial charge in [-0.15, -0.1) is 0 Å². The minimum absolute atomic E-state index is 0.0452. The third-order valence-corrected chi connectivity index (χ3v) is 4.15. The van der Waals surface area contributed by atoms with Crippen molar-refractivity contribution in [3.8, 4) is 5.88 Å². The summed E-state index contributed by atoms with van der Waals surface area (Å²) in [7, 11) is 0. The lowest BCUT2D eigenvalue weighted by Crippen LogP contribution is -2.43. The molecule has 24 heavy (non-hydrogen) atoms. The van der Waals surface area contributed by atoms with Crippen molar-refractivity contribution < 1.29 is 14.3 Å². The van der Waals surface area contributed by atoms with E-state index in [1.807, 2.05) is 18.7 Å². The van der Waals surface area contributed by atoms with Gasteiger partial charge in [0.15, 0.2) is 0 Å². The van der Waals surface area contributed by atoms with E-state index in [4.69, 9.17) is 4.74 Å². The number of carbonyl (C=O) groups is 2. The van der Waals surface area contributed by atoms with E-state index in [1.54, 1.807) is 18.3 Å². The van der Waals surface area contributed by atoms with Crippen LogP contribution in [0.2, 0.25) is 0 Å². The predicted octanol–water partition coefficient (Wildman–Crippen LogP) is 2.25. The van der Waals surface area contributed by atoms with Crippen LogP contribution in [0.3, 0.4) is 0 Å². The number of piperidine rings is 1. The number of nitrogens with one attached hydrogen (secondary N) is 1. The van der Waals surface area contributed by atoms with Crippen LogP contribution < -0.4 is 10.1 Å². The molecule has 0 spiro atoms. The van der Waals surface area contributed by atoms with E-state index in [-0.39, 0.29) is 11.8 Å². The zero-order valence-electron chi connectivity index (χ0n) is 14.6. The number of hydrogen-bond acceptors (Lipinski definition) is 4. The minimum Gasteiger partial charge on any atom is -0.477 e. The number of aromatic nitrogens is 1. The van der Waals surface area contributed by atoms with Crippen LogP contribution >= 0.6 is 0 Å². The Morgan fingerprint density at radius 2 is 2.25 bits per heavy atom. The highest BCUT2D eigenvalue weighted by Crippen LogP contribution is 2.22. The van der Waals surface area contributed by atoms with E-state index in [0.29, 0.717) is 43.5 Å². The molecular formula is C18H27N3O3. The molecule has 1 aromatic rings. The second-order valence-corrected chi connectivity index (χ2v) is 6.10. The monoisotopic (exact) mass is 333 g/mol. The molecule has 0 aromatic carbocycles. The first-order chi connectivity index (χ1) is 11.7. The average molecular weight is 333 g/mol. The maximum atomic E-state index is 12.8. The lowest BCUT2D eigenvalue weighted by molar-refractivity contribution is -0.121. The lowest BCUT2D eigenvalue weighted by Gasteiger charge is -2.33. The number of nitrogens with zero attached hydrogens (tertiary/aromatic N) is 2. The smallest absolute Gasteiger partial charge is 0.259 e. The number of rotatable bonds is 7. The van der Waals surface area contributed by atoms with E-state index in [9.17, 15) is 9.59 Å². The van der Waals surface area contributed by atoms with Crippen molar-refractivity contribution in [1.82, 2.24) is 15.2 Å². The Labute approximate surface area is 143 Å². The first kappa shape index (κ1) is 18.2. The fourth-order valence-electron chi connectivity index (χ4n) is 2.97. The molecule has 2 heterocycles. The Balaban J connectivity index is 1.96. The quantitative estimate of drug-likeness (QED) is 0.831. The van der Waals surface area contributed by atoms with Crippen LogP contribution in [0.1, 0.15) is 49.9 Å². The van der Waals surface area contributed by atoms with Gasteiger partial charge in [-0.1, -0.05) is 6.92 Å². The molecular weight excluding hydrogens is 306 g/mol. The summed E-state index contributed by atoms with van der Waals surface area (Å²) in [6.07, 6.45) is 5.01. The van der Waals surface area contributed by atoms with Crippen molar-refractivity contribution in [3.05, 3.63) is 23.9 Å². The SMILES string of the molecule is CCCC(=O)NCC1CCCN(C(=O)c2cccnc2OCC)C1. The summed E-state index contributed by atoms with van der Waals surface area (Å²) in [5.41, 5.74) is 0.509. The van der Waals surface area contributed by atoms with Gasteiger partial charge in [-0.3, -0.25) is 9.59 Å². The molecule has 132 valence electrons. The standard InChI is InChI=1S/C18H27N3O3/c1-3-7-16(22)20-12-14-8-6-11-21(13-14)18(23)15-9-5-10-19-17(15)24-4-2/h5,9-10,14H,3-4,6-8,11-13H2,1-2H3,(H,20,22). The van der Waals surface area contributed by atoms with E-state index in [0.717, 1.165) is 25.8 Å². The molecule has 0 saturated carbocycles. The van der Waals surface area contributed by atoms with Gasteiger partial charge in [0.2, 0.25) is 11.8 Å². The number of pyridine rings is 1. The molecule has 1 fully saturated rings. The molecule has 6 nitrogen and oxygen atoms in total. The fraction of sp³-hybridized carbons (Fsp3) is 0.611. The molecule has 0 radical (unpaired) electrons. The molecule has 2 amide bonds. The van der Waals surface area contributed by atoms with Crippen LogP contribution in [0.25, 0.3) is 0 Å². The van der Waals surface area contributed by atoms with Gasteiger partial charge in [0.25, 0.3) is 5.91 Å². The molecule has 1 atom stereocenters. The predicted molar refractivity (Wildman–Crippen MR) is 92.0 cm³/mol. The van der Waals surface area contributed by atoms with Crippen LogP contribution in [0, 0.1) is 5.92 Å². The van der Waals surface area contributed by atoms with E-state index >= 15 is 0 Å². The fourth-order valence-corrected chi connectivity index (χ4v) is 2.97. The highest BCUT2D eigenvalue weighted by Gasteiger charge is 2.26. The number of ether oxygens (including phenoxy) is 1. The summed E-state index contributed by atoms with van der Waals surface area (Å²) in [5.74, 6) is 0.738. The molecule has 1 aliphatic heterocycles. The largest absolute Gasteiger partial charge is 0.477 e. The Kier molecular flexibility index (Phi) is 7.03. The molecule has 1 aliphatic rings. The zero-order valence-corrected chi connectivity index (χ0v) is 14.6. The average Bonchev–Trinajstić information content (AvgIpc) is 2.61. The molecule has 1 aromatic heterocycles. The van der Waals surface area contributed by atoms with Gasteiger partial charge in [0.05, 0.1) is 6.61 Å². The topological polar surface area (TPSA) is 71.5 Å². The van der Waals surface area contributed by atoms with Gasteiger partial charge in [-0.2, -0.15) is 0 Å². The van der Waals surface area contributed by atoms with Crippen LogP contribution in [0.4, 0.5) is 0 Å². The summed E-state index contributed by atoms with van der Waals surface area (Å²) >= 11 is 0. The van der Waals surface area contributed by atoms with Crippen molar-refractivity contribution >= 4 is 11.8 Å². The molecule has 0 bridgehead atoms. The number of hydrogen-bond donors (Lipinski definition) is 1. The lowest BCUT2D eigenvalue weighted by atomic mass is 9.97. The van der Waals surface area contributed by atoms with Crippen molar-refractivity contribution in [2.45, 2.75) is 39.5 Å². The number of likely N-dealkylation sites (tertiary alicyclic amines) is 1. The number of amides is 2. The van der Waals surface area contributed by atoms with Crippen LogP contribution in [-0.4, -0.2) is 47.9 Å². The second-order valence-electron chi connectivity index (χ2n) is 6.10. The molecule has 1 N–H and O–H groups in total. The van der Waals surface area contributed by atoms with Gasteiger partial charge < -0.3 is 15.0 Å². The Bertz CT molecular complexity index is 562. The normalized spacial score (nSPS) is 17.4. The summed E-state index contributed by atoms with van der Waals surface area (Å²) in [6.45, 7) is 6.37. The Morgan fingerprint density at radius 1 is 1.42 bits per heavy atom. The molecule has 2 rings (SSSR count). The Hall–Kier alpha value is -2.11. The minimum atomic E-state index is -0.0452. The first-order valence-electron chi connectivity index (χ1n) is 8.79.